The molecule has 1 saturated carbocycles. The summed E-state index contributed by atoms with van der Waals surface area (Å²) in [5, 5.41) is 0. The van der Waals surface area contributed by atoms with Crippen molar-refractivity contribution >= 4 is 0 Å². The Labute approximate surface area is 75.1 Å². The molecule has 0 bridgehead atoms. The van der Waals surface area contributed by atoms with Crippen LogP contribution in [0.4, 0.5) is 0 Å². The van der Waals surface area contributed by atoms with E-state index in [0.29, 0.717) is 0 Å². The minimum atomic E-state index is 0.267. The molecule has 0 radical (unpaired) electrons. The van der Waals surface area contributed by atoms with Crippen molar-refractivity contribution in [1.82, 2.24) is 4.90 Å². The van der Waals surface area contributed by atoms with Crippen LogP contribution >= 0.6 is 0 Å². The molecule has 0 aromatic heterocycles. The molecule has 1 aliphatic heterocycles. The zero-order chi connectivity index (χ0) is 8.60. The van der Waals surface area contributed by atoms with Gasteiger partial charge in [-0.3, -0.25) is 0 Å². The highest BCUT2D eigenvalue weighted by Gasteiger charge is 2.38. The predicted octanol–water partition coefficient (Wildman–Crippen LogP) is 1.35. The molecule has 1 aliphatic carbocycles. The van der Waals surface area contributed by atoms with Gasteiger partial charge < -0.3 is 10.6 Å². The van der Waals surface area contributed by atoms with Crippen LogP contribution in [0.3, 0.4) is 0 Å². The highest BCUT2D eigenvalue weighted by molar-refractivity contribution is 4.99. The molecule has 2 fully saturated rings. The van der Waals surface area contributed by atoms with Crippen LogP contribution in [-0.2, 0) is 0 Å². The Balaban J connectivity index is 1.72. The van der Waals surface area contributed by atoms with Crippen LogP contribution in [0.15, 0.2) is 0 Å². The van der Waals surface area contributed by atoms with E-state index < -0.39 is 0 Å². The maximum Gasteiger partial charge on any atom is 0.0156 e. The summed E-state index contributed by atoms with van der Waals surface area (Å²) < 4.78 is 0. The van der Waals surface area contributed by atoms with E-state index in [1.807, 2.05) is 0 Å². The average Bonchev–Trinajstić information content (AvgIpc) is 2.61. The van der Waals surface area contributed by atoms with Gasteiger partial charge in [-0.2, -0.15) is 0 Å². The van der Waals surface area contributed by atoms with E-state index in [9.17, 15) is 0 Å². The molecule has 12 heavy (non-hydrogen) atoms. The largest absolute Gasteiger partial charge is 0.325 e. The van der Waals surface area contributed by atoms with Crippen molar-refractivity contribution in [1.29, 1.82) is 0 Å². The molecular weight excluding hydrogens is 148 g/mol. The van der Waals surface area contributed by atoms with Gasteiger partial charge in [-0.25, -0.2) is 0 Å². The third kappa shape index (κ3) is 1.80. The molecule has 1 saturated heterocycles. The summed E-state index contributed by atoms with van der Waals surface area (Å²) in [6.45, 7) is 1.29. The van der Waals surface area contributed by atoms with Crippen molar-refractivity contribution in [2.45, 2.75) is 50.1 Å². The van der Waals surface area contributed by atoms with Gasteiger partial charge in [-0.15, -0.1) is 0 Å². The lowest BCUT2D eigenvalue weighted by Crippen LogP contribution is -2.29. The van der Waals surface area contributed by atoms with Gasteiger partial charge in [0.2, 0.25) is 0 Å². The molecule has 2 rings (SSSR count). The van der Waals surface area contributed by atoms with E-state index in [-0.39, 0.29) is 5.54 Å². The Hall–Kier alpha value is -0.0800. The number of rotatable bonds is 3. The van der Waals surface area contributed by atoms with E-state index >= 15 is 0 Å². The summed E-state index contributed by atoms with van der Waals surface area (Å²) in [5.74, 6) is 0. The monoisotopic (exact) mass is 168 g/mol. The first-order chi connectivity index (χ1) is 5.70. The van der Waals surface area contributed by atoms with Crippen LogP contribution in [0.25, 0.3) is 0 Å². The van der Waals surface area contributed by atoms with Crippen LogP contribution in [0.1, 0.15) is 38.5 Å². The van der Waals surface area contributed by atoms with Crippen LogP contribution in [-0.4, -0.2) is 30.1 Å². The zero-order valence-electron chi connectivity index (χ0n) is 8.05. The summed E-state index contributed by atoms with van der Waals surface area (Å²) in [7, 11) is 2.24. The lowest BCUT2D eigenvalue weighted by Gasteiger charge is -2.20. The fraction of sp³-hybridized carbons (Fsp3) is 1.00. The minimum Gasteiger partial charge on any atom is -0.325 e. The average molecular weight is 168 g/mol. The van der Waals surface area contributed by atoms with Crippen molar-refractivity contribution in [2.24, 2.45) is 5.73 Å². The fourth-order valence-corrected chi connectivity index (χ4v) is 2.21. The Kier molecular flexibility index (Phi) is 2.13. The van der Waals surface area contributed by atoms with Gasteiger partial charge in [0.15, 0.2) is 0 Å². The second-order valence-corrected chi connectivity index (χ2v) is 4.68. The zero-order valence-corrected chi connectivity index (χ0v) is 8.05. The molecular formula is C10H20N2. The Morgan fingerprint density at radius 1 is 1.50 bits per heavy atom. The third-order valence-electron chi connectivity index (χ3n) is 3.54. The first kappa shape index (κ1) is 8.52. The lowest BCUT2D eigenvalue weighted by atomic mass is 10.0. The molecule has 2 nitrogen and oxygen atoms in total. The van der Waals surface area contributed by atoms with Crippen LogP contribution in [0, 0.1) is 0 Å². The SMILES string of the molecule is CN1CCCC1CCC1(N)CC1. The van der Waals surface area contributed by atoms with Gasteiger partial charge in [-0.05, 0) is 52.1 Å². The van der Waals surface area contributed by atoms with Gasteiger partial charge in [0.25, 0.3) is 0 Å². The summed E-state index contributed by atoms with van der Waals surface area (Å²) in [6, 6.07) is 0.839. The van der Waals surface area contributed by atoms with Crippen LogP contribution in [0.5, 0.6) is 0 Å². The second-order valence-electron chi connectivity index (χ2n) is 4.68. The maximum atomic E-state index is 6.05. The van der Waals surface area contributed by atoms with E-state index in [4.69, 9.17) is 5.73 Å². The van der Waals surface area contributed by atoms with E-state index in [1.54, 1.807) is 0 Å². The summed E-state index contributed by atoms with van der Waals surface area (Å²) in [6.07, 6.45) is 7.90. The highest BCUT2D eigenvalue weighted by Crippen LogP contribution is 2.38. The van der Waals surface area contributed by atoms with Crippen molar-refractivity contribution < 1.29 is 0 Å². The van der Waals surface area contributed by atoms with Crippen molar-refractivity contribution in [3.8, 4) is 0 Å². The molecule has 1 heterocycles. The standard InChI is InChI=1S/C10H20N2/c1-12-8-2-3-9(12)4-5-10(11)6-7-10/h9H,2-8,11H2,1H3. The molecule has 2 N–H and O–H groups in total. The number of hydrogen-bond acceptors (Lipinski definition) is 2. The van der Waals surface area contributed by atoms with Crippen LogP contribution < -0.4 is 5.73 Å². The summed E-state index contributed by atoms with van der Waals surface area (Å²) >= 11 is 0. The van der Waals surface area contributed by atoms with E-state index in [2.05, 4.69) is 11.9 Å². The minimum absolute atomic E-state index is 0.267. The van der Waals surface area contributed by atoms with Crippen LogP contribution in [0.2, 0.25) is 0 Å². The first-order valence-corrected chi connectivity index (χ1v) is 5.19. The number of nitrogens with zero attached hydrogens (tertiary/aromatic N) is 1. The lowest BCUT2D eigenvalue weighted by molar-refractivity contribution is 0.284. The fourth-order valence-electron chi connectivity index (χ4n) is 2.21. The molecule has 0 aromatic carbocycles. The molecule has 2 heteroatoms. The van der Waals surface area contributed by atoms with E-state index in [1.165, 1.54) is 45.1 Å². The molecule has 1 unspecified atom stereocenters. The van der Waals surface area contributed by atoms with Crippen molar-refractivity contribution in [3.63, 3.8) is 0 Å². The molecule has 70 valence electrons. The first-order valence-electron chi connectivity index (χ1n) is 5.19. The molecule has 0 amide bonds. The Morgan fingerprint density at radius 3 is 2.75 bits per heavy atom. The van der Waals surface area contributed by atoms with Crippen molar-refractivity contribution in [2.75, 3.05) is 13.6 Å². The quantitative estimate of drug-likeness (QED) is 0.689. The molecule has 0 aromatic rings. The summed E-state index contributed by atoms with van der Waals surface area (Å²) in [5.41, 5.74) is 6.32. The number of likely N-dealkylation sites (tertiary alicyclic amines) is 1. The van der Waals surface area contributed by atoms with Gasteiger partial charge in [0.05, 0.1) is 0 Å². The molecule has 2 aliphatic rings. The third-order valence-corrected chi connectivity index (χ3v) is 3.54. The Bertz CT molecular complexity index is 163. The smallest absolute Gasteiger partial charge is 0.0156 e. The van der Waals surface area contributed by atoms with Gasteiger partial charge >= 0.3 is 0 Å². The number of nitrogens with two attached hydrogens (primary N) is 1. The highest BCUT2D eigenvalue weighted by atomic mass is 15.1. The van der Waals surface area contributed by atoms with Crippen molar-refractivity contribution in [3.05, 3.63) is 0 Å². The second kappa shape index (κ2) is 3.00. The molecule has 1 atom stereocenters. The summed E-state index contributed by atoms with van der Waals surface area (Å²) in [4.78, 5) is 2.49. The topological polar surface area (TPSA) is 29.3 Å². The maximum absolute atomic E-state index is 6.05. The molecule has 0 spiro atoms. The van der Waals surface area contributed by atoms with E-state index in [0.717, 1.165) is 6.04 Å². The van der Waals surface area contributed by atoms with Gasteiger partial charge in [0.1, 0.15) is 0 Å². The Morgan fingerprint density at radius 2 is 2.25 bits per heavy atom. The van der Waals surface area contributed by atoms with Gasteiger partial charge in [-0.1, -0.05) is 0 Å². The normalized spacial score (nSPS) is 34.0. The number of hydrogen-bond donors (Lipinski definition) is 1. The predicted molar refractivity (Wildman–Crippen MR) is 51.0 cm³/mol. The van der Waals surface area contributed by atoms with Gasteiger partial charge in [0, 0.05) is 11.6 Å².